The van der Waals surface area contributed by atoms with E-state index in [1.807, 2.05) is 30.3 Å². The molecule has 1 saturated heterocycles. The minimum absolute atomic E-state index is 0.190. The van der Waals surface area contributed by atoms with E-state index in [9.17, 15) is 5.11 Å². The van der Waals surface area contributed by atoms with Gasteiger partial charge in [0.05, 0.1) is 13.7 Å². The molecular weight excluding hydrogens is 406 g/mol. The predicted octanol–water partition coefficient (Wildman–Crippen LogP) is 2.26. The molecule has 0 amide bonds. The van der Waals surface area contributed by atoms with Crippen LogP contribution in [0.5, 0.6) is 11.5 Å². The van der Waals surface area contributed by atoms with Gasteiger partial charge in [0.25, 0.3) is 0 Å². The van der Waals surface area contributed by atoms with Gasteiger partial charge in [0.1, 0.15) is 24.2 Å². The standard InChI is InChI=1S/C25H31N3O4/c1-31-25-6-7-26-16-24(25)23-15-21(14-19-4-2-3-5-22(19)23)32-18-20(30)17-28-10-8-27(9-11-28)12-13-29/h2-7,14-16,20,29-30H,8-13,17-18H2,1H3. The SMILES string of the molecule is COc1ccncc1-c1cc(OCC(O)CN2CCN(CCO)CC2)cc2ccccc12. The van der Waals surface area contributed by atoms with Gasteiger partial charge in [0.15, 0.2) is 0 Å². The van der Waals surface area contributed by atoms with E-state index in [2.05, 4.69) is 26.9 Å². The fraction of sp³-hybridized carbons (Fsp3) is 0.400. The van der Waals surface area contributed by atoms with Crippen LogP contribution in [0.15, 0.2) is 54.9 Å². The van der Waals surface area contributed by atoms with Crippen molar-refractivity contribution in [3.63, 3.8) is 0 Å². The normalized spacial score (nSPS) is 16.2. The molecule has 1 atom stereocenters. The second kappa shape index (κ2) is 10.7. The number of nitrogens with zero attached hydrogens (tertiary/aromatic N) is 3. The summed E-state index contributed by atoms with van der Waals surface area (Å²) in [7, 11) is 1.65. The molecule has 2 aromatic carbocycles. The van der Waals surface area contributed by atoms with Crippen molar-refractivity contribution < 1.29 is 19.7 Å². The third-order valence-electron chi connectivity index (χ3n) is 5.92. The summed E-state index contributed by atoms with van der Waals surface area (Å²) in [6, 6.07) is 14.0. The van der Waals surface area contributed by atoms with Crippen LogP contribution in [0.2, 0.25) is 0 Å². The number of piperazine rings is 1. The molecule has 0 aliphatic carbocycles. The average Bonchev–Trinajstić information content (AvgIpc) is 2.83. The summed E-state index contributed by atoms with van der Waals surface area (Å²) in [6.07, 6.45) is 2.93. The number of hydrogen-bond acceptors (Lipinski definition) is 7. The Bertz CT molecular complexity index is 1020. The van der Waals surface area contributed by atoms with Crippen molar-refractivity contribution in [2.45, 2.75) is 6.10 Å². The summed E-state index contributed by atoms with van der Waals surface area (Å²) < 4.78 is 11.6. The number of hydrogen-bond donors (Lipinski definition) is 2. The van der Waals surface area contributed by atoms with Crippen LogP contribution in [-0.4, -0.2) is 90.7 Å². The van der Waals surface area contributed by atoms with Gasteiger partial charge >= 0.3 is 0 Å². The molecule has 1 unspecified atom stereocenters. The van der Waals surface area contributed by atoms with E-state index in [0.29, 0.717) is 18.8 Å². The first-order valence-corrected chi connectivity index (χ1v) is 11.1. The van der Waals surface area contributed by atoms with Crippen LogP contribution in [0.3, 0.4) is 0 Å². The van der Waals surface area contributed by atoms with Gasteiger partial charge in [-0.2, -0.15) is 0 Å². The zero-order valence-electron chi connectivity index (χ0n) is 18.5. The zero-order valence-corrected chi connectivity index (χ0v) is 18.5. The summed E-state index contributed by atoms with van der Waals surface area (Å²) >= 11 is 0. The smallest absolute Gasteiger partial charge is 0.129 e. The maximum atomic E-state index is 10.6. The monoisotopic (exact) mass is 437 g/mol. The third-order valence-corrected chi connectivity index (χ3v) is 5.92. The Kier molecular flexibility index (Phi) is 7.55. The molecule has 1 fully saturated rings. The van der Waals surface area contributed by atoms with Crippen LogP contribution >= 0.6 is 0 Å². The molecular formula is C25H31N3O4. The van der Waals surface area contributed by atoms with Gasteiger partial charge < -0.3 is 19.7 Å². The minimum Gasteiger partial charge on any atom is -0.496 e. The Morgan fingerprint density at radius 1 is 1.03 bits per heavy atom. The summed E-state index contributed by atoms with van der Waals surface area (Å²) in [5.74, 6) is 1.46. The predicted molar refractivity (Wildman–Crippen MR) is 125 cm³/mol. The fourth-order valence-corrected chi connectivity index (χ4v) is 4.23. The number of aromatic nitrogens is 1. The maximum Gasteiger partial charge on any atom is 0.129 e. The van der Waals surface area contributed by atoms with Gasteiger partial charge in [0, 0.05) is 57.2 Å². The number of benzene rings is 2. The molecule has 2 N–H and O–H groups in total. The number of methoxy groups -OCH3 is 1. The second-order valence-electron chi connectivity index (χ2n) is 8.10. The van der Waals surface area contributed by atoms with Crippen molar-refractivity contribution in [2.75, 3.05) is 59.6 Å². The van der Waals surface area contributed by atoms with E-state index >= 15 is 0 Å². The molecule has 7 heteroatoms. The first kappa shape index (κ1) is 22.5. The summed E-state index contributed by atoms with van der Waals surface area (Å²) in [5, 5.41) is 21.8. The van der Waals surface area contributed by atoms with E-state index in [-0.39, 0.29) is 13.2 Å². The lowest BCUT2D eigenvalue weighted by Gasteiger charge is -2.35. The number of aliphatic hydroxyl groups excluding tert-OH is 2. The first-order chi connectivity index (χ1) is 15.7. The molecule has 170 valence electrons. The van der Waals surface area contributed by atoms with Gasteiger partial charge in [0.2, 0.25) is 0 Å². The molecule has 4 rings (SSSR count). The van der Waals surface area contributed by atoms with E-state index in [1.165, 1.54) is 0 Å². The van der Waals surface area contributed by atoms with Gasteiger partial charge in [-0.05, 0) is 34.5 Å². The Hall–Kier alpha value is -2.71. The van der Waals surface area contributed by atoms with Crippen LogP contribution in [0.1, 0.15) is 0 Å². The Morgan fingerprint density at radius 3 is 2.59 bits per heavy atom. The van der Waals surface area contributed by atoms with Gasteiger partial charge in [-0.1, -0.05) is 24.3 Å². The van der Waals surface area contributed by atoms with Crippen molar-refractivity contribution in [1.82, 2.24) is 14.8 Å². The second-order valence-corrected chi connectivity index (χ2v) is 8.10. The topological polar surface area (TPSA) is 78.3 Å². The molecule has 0 bridgehead atoms. The number of pyridine rings is 1. The minimum atomic E-state index is -0.581. The maximum absolute atomic E-state index is 10.6. The van der Waals surface area contributed by atoms with E-state index in [0.717, 1.165) is 53.8 Å². The number of ether oxygens (including phenoxy) is 2. The Balaban J connectivity index is 1.46. The van der Waals surface area contributed by atoms with Crippen molar-refractivity contribution in [2.24, 2.45) is 0 Å². The zero-order chi connectivity index (χ0) is 22.3. The summed E-state index contributed by atoms with van der Waals surface area (Å²) in [4.78, 5) is 8.76. The molecule has 7 nitrogen and oxygen atoms in total. The van der Waals surface area contributed by atoms with Crippen LogP contribution in [0.25, 0.3) is 21.9 Å². The molecule has 1 aliphatic rings. The highest BCUT2D eigenvalue weighted by atomic mass is 16.5. The molecule has 3 aromatic rings. The van der Waals surface area contributed by atoms with E-state index in [1.54, 1.807) is 19.5 Å². The van der Waals surface area contributed by atoms with E-state index < -0.39 is 6.10 Å². The van der Waals surface area contributed by atoms with Crippen LogP contribution in [0, 0.1) is 0 Å². The van der Waals surface area contributed by atoms with Crippen molar-refractivity contribution in [3.8, 4) is 22.6 Å². The Labute approximate surface area is 188 Å². The van der Waals surface area contributed by atoms with Crippen LogP contribution in [-0.2, 0) is 0 Å². The quantitative estimate of drug-likeness (QED) is 0.532. The largest absolute Gasteiger partial charge is 0.496 e. The summed E-state index contributed by atoms with van der Waals surface area (Å²) in [6.45, 7) is 5.30. The lowest BCUT2D eigenvalue weighted by molar-refractivity contribution is 0.0429. The van der Waals surface area contributed by atoms with Crippen molar-refractivity contribution in [1.29, 1.82) is 0 Å². The lowest BCUT2D eigenvalue weighted by Crippen LogP contribution is -2.49. The van der Waals surface area contributed by atoms with Crippen molar-refractivity contribution in [3.05, 3.63) is 54.9 Å². The highest BCUT2D eigenvalue weighted by Gasteiger charge is 2.19. The summed E-state index contributed by atoms with van der Waals surface area (Å²) in [5.41, 5.74) is 1.88. The third kappa shape index (κ3) is 5.37. The molecule has 0 spiro atoms. The average molecular weight is 438 g/mol. The lowest BCUT2D eigenvalue weighted by atomic mass is 9.98. The highest BCUT2D eigenvalue weighted by Crippen LogP contribution is 2.37. The molecule has 0 saturated carbocycles. The number of rotatable bonds is 9. The first-order valence-electron chi connectivity index (χ1n) is 11.1. The van der Waals surface area contributed by atoms with Crippen molar-refractivity contribution >= 4 is 10.8 Å². The fourth-order valence-electron chi connectivity index (χ4n) is 4.23. The van der Waals surface area contributed by atoms with Gasteiger partial charge in [-0.15, -0.1) is 0 Å². The molecule has 1 aromatic heterocycles. The number of aliphatic hydroxyl groups is 2. The molecule has 2 heterocycles. The number of fused-ring (bicyclic) bond motifs is 1. The number of β-amino-alcohol motifs (C(OH)–C–C–N with tert-alkyl or cyclic N) is 2. The Morgan fingerprint density at radius 2 is 1.81 bits per heavy atom. The van der Waals surface area contributed by atoms with Crippen LogP contribution in [0.4, 0.5) is 0 Å². The van der Waals surface area contributed by atoms with Gasteiger partial charge in [-0.3, -0.25) is 14.8 Å². The molecule has 1 aliphatic heterocycles. The van der Waals surface area contributed by atoms with E-state index in [4.69, 9.17) is 14.6 Å². The highest BCUT2D eigenvalue weighted by molar-refractivity contribution is 5.99. The molecule has 32 heavy (non-hydrogen) atoms. The van der Waals surface area contributed by atoms with Gasteiger partial charge in [-0.25, -0.2) is 0 Å². The molecule has 0 radical (unpaired) electrons. The van der Waals surface area contributed by atoms with Crippen LogP contribution < -0.4 is 9.47 Å².